The molecule has 9 heteroatoms. The molecule has 7 nitrogen and oxygen atoms in total. The normalized spacial score (nSPS) is 17.2. The van der Waals surface area contributed by atoms with Gasteiger partial charge in [0.15, 0.2) is 5.16 Å². The Morgan fingerprint density at radius 2 is 2.00 bits per heavy atom. The lowest BCUT2D eigenvalue weighted by atomic mass is 10.1. The molecule has 2 aromatic heterocycles. The summed E-state index contributed by atoms with van der Waals surface area (Å²) in [7, 11) is 1.34. The number of anilines is 1. The molecule has 168 valence electrons. The molecule has 2 heterocycles. The summed E-state index contributed by atoms with van der Waals surface area (Å²) in [6, 6.07) is 12.3. The topological polar surface area (TPSA) is 86.1 Å². The van der Waals surface area contributed by atoms with Crippen LogP contribution in [0.1, 0.15) is 58.7 Å². The van der Waals surface area contributed by atoms with Gasteiger partial charge in [-0.1, -0.05) is 49.0 Å². The molecule has 3 aromatic rings. The zero-order valence-electron chi connectivity index (χ0n) is 18.3. The first-order valence-corrected chi connectivity index (χ1v) is 12.5. The minimum absolute atomic E-state index is 0.185. The number of nitrogens with one attached hydrogen (secondary N) is 1. The van der Waals surface area contributed by atoms with Crippen LogP contribution in [-0.2, 0) is 22.5 Å². The van der Waals surface area contributed by atoms with E-state index in [2.05, 4.69) is 51.3 Å². The third-order valence-electron chi connectivity index (χ3n) is 5.53. The number of ether oxygens (including phenoxy) is 1. The first-order chi connectivity index (χ1) is 15.5. The van der Waals surface area contributed by atoms with Crippen LogP contribution in [0.3, 0.4) is 0 Å². The van der Waals surface area contributed by atoms with Crippen molar-refractivity contribution in [3.05, 3.63) is 58.2 Å². The van der Waals surface area contributed by atoms with Crippen molar-refractivity contribution in [2.24, 2.45) is 0 Å². The molecule has 0 bridgehead atoms. The molecule has 1 fully saturated rings. The van der Waals surface area contributed by atoms with E-state index < -0.39 is 5.97 Å². The fourth-order valence-electron chi connectivity index (χ4n) is 3.79. The van der Waals surface area contributed by atoms with Crippen molar-refractivity contribution in [3.63, 3.8) is 0 Å². The third-order valence-corrected chi connectivity index (χ3v) is 7.70. The number of carbonyl (C=O) groups excluding carboxylic acids is 2. The largest absolute Gasteiger partial charge is 0.465 e. The number of esters is 1. The monoisotopic (exact) mass is 470 g/mol. The molecule has 4 rings (SSSR count). The van der Waals surface area contributed by atoms with Crippen molar-refractivity contribution in [2.45, 2.75) is 50.2 Å². The van der Waals surface area contributed by atoms with E-state index in [1.807, 2.05) is 13.0 Å². The Morgan fingerprint density at radius 3 is 2.69 bits per heavy atom. The van der Waals surface area contributed by atoms with Gasteiger partial charge >= 0.3 is 5.97 Å². The van der Waals surface area contributed by atoms with E-state index >= 15 is 0 Å². The van der Waals surface area contributed by atoms with E-state index in [-0.39, 0.29) is 11.7 Å². The number of thiophene rings is 1. The van der Waals surface area contributed by atoms with Crippen LogP contribution in [0.4, 0.5) is 5.00 Å². The maximum absolute atomic E-state index is 12.6. The van der Waals surface area contributed by atoms with Crippen LogP contribution in [0.5, 0.6) is 0 Å². The van der Waals surface area contributed by atoms with E-state index in [0.29, 0.717) is 22.4 Å². The fraction of sp³-hybridized carbons (Fsp3) is 0.391. The van der Waals surface area contributed by atoms with Gasteiger partial charge in [0.1, 0.15) is 10.8 Å². The van der Waals surface area contributed by atoms with Gasteiger partial charge in [-0.2, -0.15) is 0 Å². The zero-order valence-corrected chi connectivity index (χ0v) is 20.0. The van der Waals surface area contributed by atoms with Crippen LogP contribution < -0.4 is 5.32 Å². The first kappa shape index (κ1) is 22.5. The Balaban J connectivity index is 1.40. The van der Waals surface area contributed by atoms with Crippen LogP contribution in [0.25, 0.3) is 0 Å². The molecule has 0 spiro atoms. The summed E-state index contributed by atoms with van der Waals surface area (Å²) in [6.07, 6.45) is 1.86. The Bertz CT molecular complexity index is 1110. The summed E-state index contributed by atoms with van der Waals surface area (Å²) in [5, 5.41) is 12.9. The van der Waals surface area contributed by atoms with Gasteiger partial charge in [0, 0.05) is 17.3 Å². The average Bonchev–Trinajstić information content (AvgIpc) is 3.34. The lowest BCUT2D eigenvalue weighted by Crippen LogP contribution is -2.16. The Kier molecular flexibility index (Phi) is 6.95. The molecule has 0 radical (unpaired) electrons. The third kappa shape index (κ3) is 4.73. The van der Waals surface area contributed by atoms with Crippen molar-refractivity contribution in [2.75, 3.05) is 18.2 Å². The highest BCUT2D eigenvalue weighted by molar-refractivity contribution is 7.99. The van der Waals surface area contributed by atoms with Crippen molar-refractivity contribution in [1.29, 1.82) is 0 Å². The number of thioether (sulfide) groups is 1. The molecule has 1 saturated carbocycles. The summed E-state index contributed by atoms with van der Waals surface area (Å²) in [5.74, 6) is 1.39. The van der Waals surface area contributed by atoms with E-state index in [1.165, 1.54) is 35.8 Å². The number of benzene rings is 1. The van der Waals surface area contributed by atoms with Gasteiger partial charge in [0.05, 0.1) is 18.4 Å². The number of methoxy groups -OCH3 is 1. The number of carbonyl (C=O) groups is 2. The van der Waals surface area contributed by atoms with E-state index in [4.69, 9.17) is 4.74 Å². The van der Waals surface area contributed by atoms with E-state index in [0.717, 1.165) is 35.2 Å². The highest BCUT2D eigenvalue weighted by Gasteiger charge is 2.43. The number of aromatic nitrogens is 3. The predicted octanol–water partition coefficient (Wildman–Crippen LogP) is 4.71. The second-order valence-electron chi connectivity index (χ2n) is 7.58. The van der Waals surface area contributed by atoms with Gasteiger partial charge in [-0.25, -0.2) is 4.79 Å². The van der Waals surface area contributed by atoms with Gasteiger partial charge in [0.2, 0.25) is 5.91 Å². The van der Waals surface area contributed by atoms with Crippen LogP contribution >= 0.6 is 23.1 Å². The van der Waals surface area contributed by atoms with Crippen LogP contribution in [0.15, 0.2) is 41.6 Å². The Hall–Kier alpha value is -2.65. The van der Waals surface area contributed by atoms with Gasteiger partial charge in [0.25, 0.3) is 0 Å². The van der Waals surface area contributed by atoms with Crippen LogP contribution in [0.2, 0.25) is 0 Å². The molecule has 0 saturated heterocycles. The van der Waals surface area contributed by atoms with Gasteiger partial charge in [-0.15, -0.1) is 21.5 Å². The number of rotatable bonds is 9. The average molecular weight is 471 g/mol. The summed E-state index contributed by atoms with van der Waals surface area (Å²) in [6.45, 7) is 4.82. The molecule has 1 amide bonds. The van der Waals surface area contributed by atoms with Crippen LogP contribution in [0, 0.1) is 0 Å². The second kappa shape index (κ2) is 9.87. The van der Waals surface area contributed by atoms with Crippen molar-refractivity contribution in [3.8, 4) is 0 Å². The molecule has 32 heavy (non-hydrogen) atoms. The lowest BCUT2D eigenvalue weighted by Gasteiger charge is -2.08. The second-order valence-corrected chi connectivity index (χ2v) is 9.66. The van der Waals surface area contributed by atoms with E-state index in [9.17, 15) is 9.59 Å². The summed E-state index contributed by atoms with van der Waals surface area (Å²) in [4.78, 5) is 25.6. The van der Waals surface area contributed by atoms with Gasteiger partial charge < -0.3 is 14.6 Å². The number of aryl methyl sites for hydroxylation is 1. The maximum Gasteiger partial charge on any atom is 0.340 e. The van der Waals surface area contributed by atoms with Crippen molar-refractivity contribution >= 4 is 40.0 Å². The first-order valence-electron chi connectivity index (χ1n) is 10.7. The lowest BCUT2D eigenvalue weighted by molar-refractivity contribution is -0.113. The molecule has 2 unspecified atom stereocenters. The van der Waals surface area contributed by atoms with Gasteiger partial charge in [-0.05, 0) is 37.3 Å². The van der Waals surface area contributed by atoms with Gasteiger partial charge in [-0.3, -0.25) is 4.79 Å². The Labute approximate surface area is 195 Å². The Morgan fingerprint density at radius 1 is 1.22 bits per heavy atom. The molecular formula is C23H26N4O3S2. The number of amides is 1. The minimum Gasteiger partial charge on any atom is -0.465 e. The highest BCUT2D eigenvalue weighted by atomic mass is 32.2. The standard InChI is InChI=1S/C23H26N4O3S2/c1-4-15-11-18(22(29)30-3)21(32-15)24-19(28)13-31-23-26-25-20(27(23)5-2)17-12-16(17)14-9-7-6-8-10-14/h6-11,16-17H,4-5,12-13H2,1-3H3,(H,24,28). The quantitative estimate of drug-likeness (QED) is 0.360. The van der Waals surface area contributed by atoms with E-state index in [1.54, 1.807) is 6.07 Å². The van der Waals surface area contributed by atoms with Crippen LogP contribution in [-0.4, -0.2) is 39.5 Å². The molecule has 0 aliphatic heterocycles. The molecule has 1 aliphatic carbocycles. The summed E-state index contributed by atoms with van der Waals surface area (Å²) >= 11 is 2.76. The molecule has 1 aromatic carbocycles. The molecular weight excluding hydrogens is 444 g/mol. The summed E-state index contributed by atoms with van der Waals surface area (Å²) < 4.78 is 6.94. The SMILES string of the molecule is CCc1cc(C(=O)OC)c(NC(=O)CSc2nnc(C3CC3c3ccccc3)n2CC)s1. The fourth-order valence-corrected chi connectivity index (χ4v) is 5.60. The number of nitrogens with zero attached hydrogens (tertiary/aromatic N) is 3. The maximum atomic E-state index is 12.6. The molecule has 1 aliphatic rings. The number of hydrogen-bond donors (Lipinski definition) is 1. The predicted molar refractivity (Wildman–Crippen MR) is 127 cm³/mol. The summed E-state index contributed by atoms with van der Waals surface area (Å²) in [5.41, 5.74) is 1.73. The molecule has 1 N–H and O–H groups in total. The van der Waals surface area contributed by atoms with Crippen molar-refractivity contribution < 1.29 is 14.3 Å². The number of hydrogen-bond acceptors (Lipinski definition) is 7. The molecule has 2 atom stereocenters. The zero-order chi connectivity index (χ0) is 22.7. The smallest absolute Gasteiger partial charge is 0.340 e. The highest BCUT2D eigenvalue weighted by Crippen LogP contribution is 2.54. The van der Waals surface area contributed by atoms with Crippen molar-refractivity contribution in [1.82, 2.24) is 14.8 Å². The minimum atomic E-state index is -0.448.